The van der Waals surface area contributed by atoms with Gasteiger partial charge in [0.15, 0.2) is 0 Å². The molecule has 166 valence electrons. The standard InChI is InChI=1S/C24H32N4O3/c29-21-9-8-19(22(30)27-21)28-14-18-16(5-3-6-17(18)23(28)31)13-25-15-24-10-2-1-7-20(24)26-12-4-11-24/h3,5-6,19-20,25-26H,1-2,4,7-15H2,(H,27,29,30)/t19?,20-,24+/m0/s1. The van der Waals surface area contributed by atoms with Gasteiger partial charge in [-0.2, -0.15) is 0 Å². The van der Waals surface area contributed by atoms with Crippen molar-refractivity contribution in [1.82, 2.24) is 20.9 Å². The third-order valence-electron chi connectivity index (χ3n) is 7.87. The van der Waals surface area contributed by atoms with Crippen molar-refractivity contribution in [2.75, 3.05) is 13.1 Å². The fourth-order valence-corrected chi connectivity index (χ4v) is 6.20. The van der Waals surface area contributed by atoms with Gasteiger partial charge in [-0.05, 0) is 61.3 Å². The number of nitrogens with zero attached hydrogens (tertiary/aromatic N) is 1. The van der Waals surface area contributed by atoms with Crippen LogP contribution in [0.15, 0.2) is 18.2 Å². The molecule has 3 fully saturated rings. The van der Waals surface area contributed by atoms with Crippen molar-refractivity contribution in [3.8, 4) is 0 Å². The number of benzene rings is 1. The van der Waals surface area contributed by atoms with E-state index in [0.29, 0.717) is 30.0 Å². The van der Waals surface area contributed by atoms with E-state index in [1.807, 2.05) is 12.1 Å². The second-order valence-corrected chi connectivity index (χ2v) is 9.67. The number of carbonyl (C=O) groups is 3. The zero-order chi connectivity index (χ0) is 21.4. The molecule has 1 aromatic carbocycles. The SMILES string of the molecule is O=C1CCC(N2Cc3c(CNC[C@]45CCCC[C@@H]4NCCC5)cccc3C2=O)C(=O)N1. The maximum absolute atomic E-state index is 13.0. The summed E-state index contributed by atoms with van der Waals surface area (Å²) in [6.45, 7) is 3.30. The lowest BCUT2D eigenvalue weighted by atomic mass is 9.66. The van der Waals surface area contributed by atoms with E-state index in [9.17, 15) is 14.4 Å². The van der Waals surface area contributed by atoms with Gasteiger partial charge in [0.25, 0.3) is 5.91 Å². The Balaban J connectivity index is 1.27. The molecule has 3 heterocycles. The smallest absolute Gasteiger partial charge is 0.255 e. The molecular formula is C24H32N4O3. The summed E-state index contributed by atoms with van der Waals surface area (Å²) in [5, 5.41) is 9.85. The number of rotatable bonds is 5. The van der Waals surface area contributed by atoms with Crippen LogP contribution in [-0.4, -0.2) is 47.8 Å². The number of hydrogen-bond donors (Lipinski definition) is 3. The normalized spacial score (nSPS) is 30.7. The Morgan fingerprint density at radius 1 is 1.10 bits per heavy atom. The molecule has 3 aliphatic heterocycles. The predicted octanol–water partition coefficient (Wildman–Crippen LogP) is 1.85. The first-order chi connectivity index (χ1) is 15.1. The molecule has 0 spiro atoms. The van der Waals surface area contributed by atoms with E-state index in [4.69, 9.17) is 0 Å². The topological polar surface area (TPSA) is 90.5 Å². The number of nitrogens with one attached hydrogen (secondary N) is 3. The number of amides is 3. The van der Waals surface area contributed by atoms with Gasteiger partial charge in [-0.3, -0.25) is 19.7 Å². The van der Waals surface area contributed by atoms with Gasteiger partial charge < -0.3 is 15.5 Å². The number of fused-ring (bicyclic) bond motifs is 2. The molecule has 7 heteroatoms. The number of carbonyl (C=O) groups excluding carboxylic acids is 3. The predicted molar refractivity (Wildman–Crippen MR) is 116 cm³/mol. The first kappa shape index (κ1) is 20.6. The van der Waals surface area contributed by atoms with Crippen molar-refractivity contribution in [2.45, 2.75) is 76.5 Å². The van der Waals surface area contributed by atoms with Gasteiger partial charge in [-0.15, -0.1) is 0 Å². The third kappa shape index (κ3) is 3.78. The van der Waals surface area contributed by atoms with Crippen LogP contribution in [0.3, 0.4) is 0 Å². The van der Waals surface area contributed by atoms with Crippen molar-refractivity contribution in [1.29, 1.82) is 0 Å². The molecule has 0 aromatic heterocycles. The van der Waals surface area contributed by atoms with Crippen molar-refractivity contribution < 1.29 is 14.4 Å². The van der Waals surface area contributed by atoms with Gasteiger partial charge >= 0.3 is 0 Å². The van der Waals surface area contributed by atoms with Crippen LogP contribution in [0.4, 0.5) is 0 Å². The number of imide groups is 1. The Morgan fingerprint density at radius 2 is 1.97 bits per heavy atom. The molecule has 1 unspecified atom stereocenters. The molecule has 3 atom stereocenters. The first-order valence-corrected chi connectivity index (χ1v) is 11.8. The molecule has 1 saturated carbocycles. The zero-order valence-corrected chi connectivity index (χ0v) is 18.0. The fraction of sp³-hybridized carbons (Fsp3) is 0.625. The maximum Gasteiger partial charge on any atom is 0.255 e. The molecule has 1 aromatic rings. The molecule has 2 saturated heterocycles. The van der Waals surface area contributed by atoms with Gasteiger partial charge in [0.05, 0.1) is 0 Å². The van der Waals surface area contributed by atoms with Crippen LogP contribution in [-0.2, 0) is 22.7 Å². The lowest BCUT2D eigenvalue weighted by molar-refractivity contribution is -0.136. The van der Waals surface area contributed by atoms with Gasteiger partial charge in [0.1, 0.15) is 6.04 Å². The Kier molecular flexibility index (Phi) is 5.56. The zero-order valence-electron chi connectivity index (χ0n) is 18.0. The quantitative estimate of drug-likeness (QED) is 0.628. The summed E-state index contributed by atoms with van der Waals surface area (Å²) in [4.78, 5) is 38.4. The van der Waals surface area contributed by atoms with Crippen LogP contribution >= 0.6 is 0 Å². The summed E-state index contributed by atoms with van der Waals surface area (Å²) in [5.41, 5.74) is 3.19. The Labute approximate surface area is 183 Å². The van der Waals surface area contributed by atoms with Crippen LogP contribution in [0, 0.1) is 5.41 Å². The minimum Gasteiger partial charge on any atom is -0.322 e. The van der Waals surface area contributed by atoms with Crippen molar-refractivity contribution >= 4 is 17.7 Å². The molecule has 3 amide bonds. The molecular weight excluding hydrogens is 392 g/mol. The molecule has 0 bridgehead atoms. The molecule has 7 nitrogen and oxygen atoms in total. The Morgan fingerprint density at radius 3 is 2.84 bits per heavy atom. The molecule has 5 rings (SSSR count). The summed E-state index contributed by atoms with van der Waals surface area (Å²) in [6, 6.07) is 5.93. The van der Waals surface area contributed by atoms with E-state index in [-0.39, 0.29) is 24.1 Å². The summed E-state index contributed by atoms with van der Waals surface area (Å²) >= 11 is 0. The van der Waals surface area contributed by atoms with Gasteiger partial charge in [-0.1, -0.05) is 25.0 Å². The lowest BCUT2D eigenvalue weighted by Gasteiger charge is -2.48. The van der Waals surface area contributed by atoms with E-state index in [1.165, 1.54) is 38.5 Å². The van der Waals surface area contributed by atoms with Crippen LogP contribution in [0.5, 0.6) is 0 Å². The number of piperidine rings is 2. The number of hydrogen-bond acceptors (Lipinski definition) is 5. The van der Waals surface area contributed by atoms with Crippen LogP contribution < -0.4 is 16.0 Å². The lowest BCUT2D eigenvalue weighted by Crippen LogP contribution is -2.55. The van der Waals surface area contributed by atoms with Crippen molar-refractivity contribution in [3.63, 3.8) is 0 Å². The second-order valence-electron chi connectivity index (χ2n) is 9.67. The van der Waals surface area contributed by atoms with Gasteiger partial charge in [0.2, 0.25) is 11.8 Å². The molecule has 31 heavy (non-hydrogen) atoms. The third-order valence-corrected chi connectivity index (χ3v) is 7.87. The van der Waals surface area contributed by atoms with Crippen LogP contribution in [0.1, 0.15) is 72.9 Å². The van der Waals surface area contributed by atoms with E-state index in [0.717, 1.165) is 30.8 Å². The minimum atomic E-state index is -0.561. The van der Waals surface area contributed by atoms with E-state index >= 15 is 0 Å². The average molecular weight is 425 g/mol. The molecule has 0 radical (unpaired) electrons. The highest BCUT2D eigenvalue weighted by molar-refractivity contribution is 6.05. The Bertz CT molecular complexity index is 887. The first-order valence-electron chi connectivity index (χ1n) is 11.8. The highest BCUT2D eigenvalue weighted by atomic mass is 16.2. The van der Waals surface area contributed by atoms with Crippen molar-refractivity contribution in [2.24, 2.45) is 5.41 Å². The van der Waals surface area contributed by atoms with E-state index in [2.05, 4.69) is 22.0 Å². The fourth-order valence-electron chi connectivity index (χ4n) is 6.20. The maximum atomic E-state index is 13.0. The van der Waals surface area contributed by atoms with Crippen LogP contribution in [0.25, 0.3) is 0 Å². The summed E-state index contributed by atoms with van der Waals surface area (Å²) in [5.74, 6) is -0.717. The monoisotopic (exact) mass is 424 g/mol. The molecule has 4 aliphatic rings. The average Bonchev–Trinajstić information content (AvgIpc) is 3.11. The van der Waals surface area contributed by atoms with Crippen molar-refractivity contribution in [3.05, 3.63) is 34.9 Å². The van der Waals surface area contributed by atoms with E-state index in [1.54, 1.807) is 4.90 Å². The van der Waals surface area contributed by atoms with Gasteiger partial charge in [0, 0.05) is 37.7 Å². The van der Waals surface area contributed by atoms with Crippen LogP contribution in [0.2, 0.25) is 0 Å². The summed E-state index contributed by atoms with van der Waals surface area (Å²) in [7, 11) is 0. The highest BCUT2D eigenvalue weighted by Gasteiger charge is 2.42. The minimum absolute atomic E-state index is 0.103. The summed E-state index contributed by atoms with van der Waals surface area (Å²) < 4.78 is 0. The second kappa shape index (κ2) is 8.36. The molecule has 3 N–H and O–H groups in total. The Hall–Kier alpha value is -2.25. The van der Waals surface area contributed by atoms with Gasteiger partial charge in [-0.25, -0.2) is 0 Å². The summed E-state index contributed by atoms with van der Waals surface area (Å²) in [6.07, 6.45) is 8.40. The largest absolute Gasteiger partial charge is 0.322 e. The highest BCUT2D eigenvalue weighted by Crippen LogP contribution is 2.42. The molecule has 1 aliphatic carbocycles. The van der Waals surface area contributed by atoms with E-state index < -0.39 is 6.04 Å².